The van der Waals surface area contributed by atoms with Crippen LogP contribution in [0.2, 0.25) is 0 Å². The van der Waals surface area contributed by atoms with Crippen molar-refractivity contribution in [1.82, 2.24) is 38.9 Å². The van der Waals surface area contributed by atoms with Gasteiger partial charge in [-0.2, -0.15) is 17.0 Å². The molecule has 2 bridgehead atoms. The Labute approximate surface area is 283 Å². The van der Waals surface area contributed by atoms with Crippen molar-refractivity contribution in [3.05, 3.63) is 35.9 Å². The molecule has 13 nitrogen and oxygen atoms in total. The number of fused-ring (bicyclic) bond motifs is 2. The summed E-state index contributed by atoms with van der Waals surface area (Å²) in [4.78, 5) is 24.4. The summed E-state index contributed by atoms with van der Waals surface area (Å²) in [7, 11) is -3.39. The van der Waals surface area contributed by atoms with Gasteiger partial charge in [0, 0.05) is 83.1 Å². The highest BCUT2D eigenvalue weighted by Gasteiger charge is 2.50. The van der Waals surface area contributed by atoms with Crippen molar-refractivity contribution >= 4 is 21.9 Å². The zero-order chi connectivity index (χ0) is 33.8. The molecule has 5 aliphatic rings. The van der Waals surface area contributed by atoms with E-state index in [1.807, 2.05) is 27.7 Å². The summed E-state index contributed by atoms with van der Waals surface area (Å²) >= 11 is 0. The second-order valence-corrected chi connectivity index (χ2v) is 16.9. The highest BCUT2D eigenvalue weighted by Crippen LogP contribution is 2.43. The third kappa shape index (κ3) is 6.39. The molecule has 0 saturated carbocycles. The minimum atomic E-state index is -3.39. The van der Waals surface area contributed by atoms with Crippen LogP contribution in [0.3, 0.4) is 0 Å². The third-order valence-electron chi connectivity index (χ3n) is 10.9. The average Bonchev–Trinajstić information content (AvgIpc) is 3.80. The number of nitrogens with one attached hydrogen (secondary N) is 1. The van der Waals surface area contributed by atoms with Crippen LogP contribution >= 0.6 is 0 Å². The number of likely N-dealkylation sites (tertiary alicyclic amines) is 1. The fourth-order valence-corrected chi connectivity index (χ4v) is 10.5. The molecule has 3 atom stereocenters. The smallest absolute Gasteiger partial charge is 0.282 e. The molecule has 1 aromatic carbocycles. The van der Waals surface area contributed by atoms with Gasteiger partial charge in [0.25, 0.3) is 22.0 Å². The molecule has 0 radical (unpaired) electrons. The van der Waals surface area contributed by atoms with Crippen LogP contribution in [0.15, 0.2) is 24.5 Å². The van der Waals surface area contributed by atoms with Gasteiger partial charge in [-0.3, -0.25) is 4.79 Å². The Kier molecular flexibility index (Phi) is 9.11. The molecule has 1 N–H and O–H groups in total. The molecule has 1 aromatic heterocycles. The first-order valence-corrected chi connectivity index (χ1v) is 18.8. The molecule has 15 heteroatoms. The summed E-state index contributed by atoms with van der Waals surface area (Å²) in [5.74, 6) is 0.537. The SMILES string of the molecule is CC(C)N(C(=O)c1cc(F)ccc1Oc1nncnc1N1CC[C@@H](CN2CC3(CCN(S(=O)(=O)N4C[C@@H]5C[C@H]4CN5)CC3)C2)C1)C(C)C. The summed E-state index contributed by atoms with van der Waals surface area (Å²) in [5.41, 5.74) is 0.335. The Hall–Kier alpha value is -2.98. The quantitative estimate of drug-likeness (QED) is 0.399. The molecule has 0 aliphatic carbocycles. The van der Waals surface area contributed by atoms with Crippen LogP contribution < -0.4 is 15.0 Å². The number of amides is 1. The van der Waals surface area contributed by atoms with E-state index in [4.69, 9.17) is 4.74 Å². The number of piperazine rings is 1. The molecule has 5 fully saturated rings. The molecular weight excluding hydrogens is 637 g/mol. The second-order valence-electron chi connectivity index (χ2n) is 15.0. The standard InChI is InChI=1S/C33H48FN9O4S/c1-22(2)43(23(3)4)32(44)28-13-25(34)5-6-29(28)47-31-30(36-21-37-38-31)40-10-7-24(17-40)16-39-19-33(20-39)8-11-41(12-9-33)48(45,46)42-18-26-14-27(42)15-35-26/h5-6,13,21-24,26-27,35H,7-12,14-20H2,1-4H3/t24-,26-,27-/m0/s1. The minimum absolute atomic E-state index is 0.0815. The van der Waals surface area contributed by atoms with Crippen LogP contribution in [0.5, 0.6) is 11.6 Å². The van der Waals surface area contributed by atoms with E-state index in [2.05, 4.69) is 30.3 Å². The number of carbonyl (C=O) groups is 1. The number of nitrogens with zero attached hydrogens (tertiary/aromatic N) is 8. The van der Waals surface area contributed by atoms with E-state index < -0.39 is 16.0 Å². The first kappa shape index (κ1) is 33.5. The normalized spacial score (nSPS) is 26.1. The van der Waals surface area contributed by atoms with Crippen LogP contribution in [0.4, 0.5) is 10.2 Å². The lowest BCUT2D eigenvalue weighted by Gasteiger charge is -2.54. The van der Waals surface area contributed by atoms with Gasteiger partial charge in [0.2, 0.25) is 0 Å². The number of halogens is 1. The zero-order valence-electron chi connectivity index (χ0n) is 28.4. The Morgan fingerprint density at radius 2 is 1.88 bits per heavy atom. The lowest BCUT2D eigenvalue weighted by atomic mass is 9.72. The largest absolute Gasteiger partial charge is 0.434 e. The van der Waals surface area contributed by atoms with Crippen molar-refractivity contribution in [3.8, 4) is 11.6 Å². The summed E-state index contributed by atoms with van der Waals surface area (Å²) in [6.45, 7) is 14.8. The van der Waals surface area contributed by atoms with Gasteiger partial charge in [0.15, 0.2) is 5.82 Å². The average molecular weight is 686 g/mol. The maximum Gasteiger partial charge on any atom is 0.282 e. The minimum Gasteiger partial charge on any atom is -0.434 e. The second kappa shape index (κ2) is 13.0. The number of aromatic nitrogens is 3. The molecule has 48 heavy (non-hydrogen) atoms. The van der Waals surface area contributed by atoms with Crippen LogP contribution in [0, 0.1) is 17.2 Å². The predicted octanol–water partition coefficient (Wildman–Crippen LogP) is 2.58. The number of hydrogen-bond donors (Lipinski definition) is 1. The first-order valence-electron chi connectivity index (χ1n) is 17.4. The van der Waals surface area contributed by atoms with Gasteiger partial charge >= 0.3 is 0 Å². The molecule has 1 spiro atoms. The predicted molar refractivity (Wildman–Crippen MR) is 179 cm³/mol. The van der Waals surface area contributed by atoms with Gasteiger partial charge in [-0.1, -0.05) is 0 Å². The number of carbonyl (C=O) groups excluding carboxylic acids is 1. The number of piperidine rings is 1. The van der Waals surface area contributed by atoms with Crippen molar-refractivity contribution in [2.45, 2.75) is 77.5 Å². The Bertz CT molecular complexity index is 1600. The molecule has 7 rings (SSSR count). The maximum atomic E-state index is 14.4. The molecule has 6 heterocycles. The van der Waals surface area contributed by atoms with Gasteiger partial charge in [-0.25, -0.2) is 9.37 Å². The van der Waals surface area contributed by atoms with E-state index in [9.17, 15) is 17.6 Å². The molecule has 0 unspecified atom stereocenters. The third-order valence-corrected chi connectivity index (χ3v) is 13.0. The summed E-state index contributed by atoms with van der Waals surface area (Å²) < 4.78 is 50.7. The Morgan fingerprint density at radius 1 is 1.12 bits per heavy atom. The fraction of sp³-hybridized carbons (Fsp3) is 0.697. The van der Waals surface area contributed by atoms with Crippen LogP contribution in [0.25, 0.3) is 0 Å². The van der Waals surface area contributed by atoms with E-state index in [1.54, 1.807) is 13.5 Å². The number of rotatable bonds is 10. The molecule has 2 aromatic rings. The summed E-state index contributed by atoms with van der Waals surface area (Å²) in [6, 6.07) is 4.19. The lowest BCUT2D eigenvalue weighted by molar-refractivity contribution is -0.0413. The van der Waals surface area contributed by atoms with Gasteiger partial charge in [0.1, 0.15) is 17.9 Å². The van der Waals surface area contributed by atoms with Crippen molar-refractivity contribution in [2.24, 2.45) is 11.3 Å². The van der Waals surface area contributed by atoms with Gasteiger partial charge < -0.3 is 24.8 Å². The van der Waals surface area contributed by atoms with Gasteiger partial charge in [0.05, 0.1) is 5.56 Å². The van der Waals surface area contributed by atoms with E-state index in [1.165, 1.54) is 24.5 Å². The number of anilines is 1. The molecule has 262 valence electrons. The van der Waals surface area contributed by atoms with E-state index in [0.717, 1.165) is 65.0 Å². The number of hydrogen-bond acceptors (Lipinski definition) is 10. The lowest BCUT2D eigenvalue weighted by Crippen LogP contribution is -2.62. The van der Waals surface area contributed by atoms with Crippen molar-refractivity contribution in [2.75, 3.05) is 63.8 Å². The van der Waals surface area contributed by atoms with Gasteiger partial charge in [-0.05, 0) is 82.9 Å². The number of ether oxygens (including phenoxy) is 1. The van der Waals surface area contributed by atoms with Crippen molar-refractivity contribution in [3.63, 3.8) is 0 Å². The van der Waals surface area contributed by atoms with E-state index >= 15 is 0 Å². The summed E-state index contributed by atoms with van der Waals surface area (Å²) in [6.07, 6.45) is 5.13. The first-order chi connectivity index (χ1) is 22.9. The van der Waals surface area contributed by atoms with E-state index in [0.29, 0.717) is 37.4 Å². The monoisotopic (exact) mass is 685 g/mol. The van der Waals surface area contributed by atoms with Crippen LogP contribution in [-0.2, 0) is 10.2 Å². The molecule has 1 amide bonds. The highest BCUT2D eigenvalue weighted by atomic mass is 32.2. The molecule has 5 saturated heterocycles. The maximum absolute atomic E-state index is 14.4. The van der Waals surface area contributed by atoms with Gasteiger partial charge in [-0.15, -0.1) is 10.2 Å². The molecule has 5 aliphatic heterocycles. The Morgan fingerprint density at radius 3 is 2.54 bits per heavy atom. The van der Waals surface area contributed by atoms with Crippen LogP contribution in [-0.4, -0.2) is 131 Å². The fourth-order valence-electron chi connectivity index (χ4n) is 8.64. The zero-order valence-corrected chi connectivity index (χ0v) is 29.2. The van der Waals surface area contributed by atoms with Crippen LogP contribution in [0.1, 0.15) is 63.7 Å². The molecular formula is C33H48FN9O4S. The topological polar surface area (TPSA) is 127 Å². The van der Waals surface area contributed by atoms with E-state index in [-0.39, 0.29) is 46.6 Å². The highest BCUT2D eigenvalue weighted by molar-refractivity contribution is 7.86. The Balaban J connectivity index is 0.943. The van der Waals surface area contributed by atoms with Crippen molar-refractivity contribution in [1.29, 1.82) is 0 Å². The summed E-state index contributed by atoms with van der Waals surface area (Å²) in [5, 5.41) is 11.6. The number of benzene rings is 1. The van der Waals surface area contributed by atoms with Crippen molar-refractivity contribution < 1.29 is 22.3 Å².